The SMILES string of the molecule is CC(C)(C)[Si](C)(C)O[C@H](c1ccco1)[C@H](Cc1ccccc1)NC(=O)OCC1c2ccccc2-c2ccccc21. The number of furan rings is 1. The summed E-state index contributed by atoms with van der Waals surface area (Å²) >= 11 is 0. The van der Waals surface area contributed by atoms with Crippen LogP contribution >= 0.6 is 0 Å². The fraction of sp³-hybridized carbons (Fsp3) is 0.324. The molecule has 5 nitrogen and oxygen atoms in total. The van der Waals surface area contributed by atoms with Crippen molar-refractivity contribution in [1.82, 2.24) is 5.32 Å². The number of alkyl carbamates (subject to hydrolysis) is 1. The minimum atomic E-state index is -2.23. The summed E-state index contributed by atoms with van der Waals surface area (Å²) in [6.07, 6.45) is 1.31. The maximum atomic E-state index is 13.5. The monoisotopic (exact) mass is 553 g/mol. The van der Waals surface area contributed by atoms with Gasteiger partial charge >= 0.3 is 6.09 Å². The minimum absolute atomic E-state index is 0.00456. The topological polar surface area (TPSA) is 60.7 Å². The number of rotatable bonds is 9. The van der Waals surface area contributed by atoms with E-state index in [1.54, 1.807) is 6.26 Å². The van der Waals surface area contributed by atoms with Gasteiger partial charge in [-0.2, -0.15) is 0 Å². The van der Waals surface area contributed by atoms with E-state index in [-0.39, 0.29) is 17.6 Å². The van der Waals surface area contributed by atoms with Gasteiger partial charge in [0.15, 0.2) is 8.32 Å². The highest BCUT2D eigenvalue weighted by Gasteiger charge is 2.42. The van der Waals surface area contributed by atoms with Crippen molar-refractivity contribution in [2.24, 2.45) is 0 Å². The number of amides is 1. The maximum absolute atomic E-state index is 13.5. The van der Waals surface area contributed by atoms with Crippen LogP contribution in [0.15, 0.2) is 102 Å². The first-order valence-electron chi connectivity index (χ1n) is 14.0. The number of benzene rings is 3. The zero-order valence-corrected chi connectivity index (χ0v) is 25.0. The molecule has 0 saturated carbocycles. The largest absolute Gasteiger partial charge is 0.467 e. The lowest BCUT2D eigenvalue weighted by atomic mass is 9.98. The van der Waals surface area contributed by atoms with Crippen molar-refractivity contribution in [3.05, 3.63) is 120 Å². The van der Waals surface area contributed by atoms with Gasteiger partial charge in [0.25, 0.3) is 0 Å². The standard InChI is InChI=1S/C34H39NO4Si/c1-34(2,3)40(4,5)39-32(31-20-13-21-37-31)30(22-24-14-7-6-8-15-24)35-33(36)38-23-29-27-18-11-9-16-25(27)26-17-10-12-19-28(26)29/h6-21,29-30,32H,22-23H2,1-5H3,(H,35,36)/t30-,32-/m0/s1. The Labute approximate surface area is 238 Å². The molecule has 1 aromatic heterocycles. The summed E-state index contributed by atoms with van der Waals surface area (Å²) in [4.78, 5) is 13.5. The van der Waals surface area contributed by atoms with Crippen molar-refractivity contribution in [3.8, 4) is 11.1 Å². The van der Waals surface area contributed by atoms with Gasteiger partial charge in [-0.25, -0.2) is 4.79 Å². The van der Waals surface area contributed by atoms with Gasteiger partial charge in [-0.05, 0) is 64.5 Å². The molecule has 2 atom stereocenters. The third kappa shape index (κ3) is 5.93. The lowest BCUT2D eigenvalue weighted by molar-refractivity contribution is 0.0960. The first-order chi connectivity index (χ1) is 19.1. The van der Waals surface area contributed by atoms with Crippen LogP contribution in [0.4, 0.5) is 4.79 Å². The van der Waals surface area contributed by atoms with Crippen LogP contribution in [0.5, 0.6) is 0 Å². The normalized spacial score (nSPS) is 14.7. The van der Waals surface area contributed by atoms with Crippen LogP contribution < -0.4 is 5.32 Å². The Morgan fingerprint density at radius 3 is 2.05 bits per heavy atom. The van der Waals surface area contributed by atoms with E-state index in [4.69, 9.17) is 13.6 Å². The summed E-state index contributed by atoms with van der Waals surface area (Å²) in [6.45, 7) is 11.3. The fourth-order valence-electron chi connectivity index (χ4n) is 5.18. The number of carbonyl (C=O) groups is 1. The van der Waals surface area contributed by atoms with Crippen molar-refractivity contribution in [3.63, 3.8) is 0 Å². The Morgan fingerprint density at radius 2 is 1.48 bits per heavy atom. The second-order valence-electron chi connectivity index (χ2n) is 12.1. The number of hydrogen-bond donors (Lipinski definition) is 1. The molecule has 4 aromatic rings. The highest BCUT2D eigenvalue weighted by Crippen LogP contribution is 2.45. The summed E-state index contributed by atoms with van der Waals surface area (Å²) < 4.78 is 18.8. The maximum Gasteiger partial charge on any atom is 0.407 e. The summed E-state index contributed by atoms with van der Waals surface area (Å²) in [7, 11) is -2.23. The number of carbonyl (C=O) groups excluding carboxylic acids is 1. The predicted molar refractivity (Wildman–Crippen MR) is 162 cm³/mol. The van der Waals surface area contributed by atoms with Crippen LogP contribution in [0, 0.1) is 0 Å². The quantitative estimate of drug-likeness (QED) is 0.211. The van der Waals surface area contributed by atoms with E-state index < -0.39 is 26.6 Å². The molecule has 1 N–H and O–H groups in total. The molecular weight excluding hydrogens is 514 g/mol. The Morgan fingerprint density at radius 1 is 0.875 bits per heavy atom. The first kappa shape index (κ1) is 27.9. The first-order valence-corrected chi connectivity index (χ1v) is 16.9. The lowest BCUT2D eigenvalue weighted by Gasteiger charge is -2.41. The Kier molecular flexibility index (Phi) is 8.01. The lowest BCUT2D eigenvalue weighted by Crippen LogP contribution is -2.48. The summed E-state index contributed by atoms with van der Waals surface area (Å²) in [5.74, 6) is 0.694. The molecule has 0 spiro atoms. The molecule has 3 aromatic carbocycles. The molecule has 0 unspecified atom stereocenters. The van der Waals surface area contributed by atoms with Gasteiger partial charge in [-0.1, -0.05) is 99.6 Å². The smallest absolute Gasteiger partial charge is 0.407 e. The van der Waals surface area contributed by atoms with Gasteiger partial charge in [0.1, 0.15) is 18.5 Å². The number of hydrogen-bond acceptors (Lipinski definition) is 4. The summed E-state index contributed by atoms with van der Waals surface area (Å²) in [5, 5.41) is 3.16. The molecule has 1 aliphatic carbocycles. The van der Waals surface area contributed by atoms with Crippen LogP contribution in [0.25, 0.3) is 11.1 Å². The van der Waals surface area contributed by atoms with Gasteiger partial charge in [0.2, 0.25) is 0 Å². The molecule has 0 radical (unpaired) electrons. The molecule has 208 valence electrons. The van der Waals surface area contributed by atoms with Gasteiger partial charge in [0, 0.05) is 5.92 Å². The van der Waals surface area contributed by atoms with Gasteiger partial charge in [-0.15, -0.1) is 0 Å². The van der Waals surface area contributed by atoms with E-state index in [2.05, 4.69) is 87.7 Å². The van der Waals surface area contributed by atoms with E-state index in [9.17, 15) is 4.79 Å². The van der Waals surface area contributed by atoms with Crippen molar-refractivity contribution in [1.29, 1.82) is 0 Å². The summed E-state index contributed by atoms with van der Waals surface area (Å²) in [6, 6.07) is 30.3. The zero-order valence-electron chi connectivity index (χ0n) is 24.0. The number of ether oxygens (including phenoxy) is 1. The summed E-state index contributed by atoms with van der Waals surface area (Å²) in [5.41, 5.74) is 5.88. The van der Waals surface area contributed by atoms with Crippen LogP contribution in [0.2, 0.25) is 18.1 Å². The highest BCUT2D eigenvalue weighted by molar-refractivity contribution is 6.74. The molecule has 0 saturated heterocycles. The van der Waals surface area contributed by atoms with Crippen LogP contribution in [-0.2, 0) is 15.6 Å². The second kappa shape index (κ2) is 11.5. The molecule has 0 bridgehead atoms. The van der Waals surface area contributed by atoms with E-state index in [1.807, 2.05) is 42.5 Å². The van der Waals surface area contributed by atoms with Crippen molar-refractivity contribution >= 4 is 14.4 Å². The van der Waals surface area contributed by atoms with Crippen LogP contribution in [0.3, 0.4) is 0 Å². The average Bonchev–Trinajstić information content (AvgIpc) is 3.57. The van der Waals surface area contributed by atoms with E-state index in [0.29, 0.717) is 12.2 Å². The Hall–Kier alpha value is -3.61. The molecule has 6 heteroatoms. The fourth-order valence-corrected chi connectivity index (χ4v) is 6.45. The van der Waals surface area contributed by atoms with Gasteiger partial charge in [-0.3, -0.25) is 0 Å². The second-order valence-corrected chi connectivity index (χ2v) is 16.8. The predicted octanol–water partition coefficient (Wildman–Crippen LogP) is 8.49. The highest BCUT2D eigenvalue weighted by atomic mass is 28.4. The molecule has 0 fully saturated rings. The minimum Gasteiger partial charge on any atom is -0.467 e. The zero-order chi connectivity index (χ0) is 28.3. The third-order valence-electron chi connectivity index (χ3n) is 8.36. The van der Waals surface area contributed by atoms with Crippen LogP contribution in [0.1, 0.15) is 55.2 Å². The van der Waals surface area contributed by atoms with Gasteiger partial charge < -0.3 is 18.9 Å². The Balaban J connectivity index is 1.39. The average molecular weight is 554 g/mol. The number of nitrogens with one attached hydrogen (secondary N) is 1. The van der Waals surface area contributed by atoms with Crippen molar-refractivity contribution in [2.45, 2.75) is 63.4 Å². The molecular formula is C34H39NO4Si. The van der Waals surface area contributed by atoms with Gasteiger partial charge in [0.05, 0.1) is 12.3 Å². The Bertz CT molecular complexity index is 1380. The number of fused-ring (bicyclic) bond motifs is 3. The van der Waals surface area contributed by atoms with E-state index >= 15 is 0 Å². The molecule has 5 rings (SSSR count). The molecule has 1 aliphatic rings. The molecule has 1 amide bonds. The van der Waals surface area contributed by atoms with Crippen molar-refractivity contribution in [2.75, 3.05) is 6.61 Å². The van der Waals surface area contributed by atoms with Crippen molar-refractivity contribution < 1.29 is 18.4 Å². The molecule has 40 heavy (non-hydrogen) atoms. The molecule has 1 heterocycles. The van der Waals surface area contributed by atoms with E-state index in [1.165, 1.54) is 22.3 Å². The van der Waals surface area contributed by atoms with Crippen LogP contribution in [-0.4, -0.2) is 27.1 Å². The van der Waals surface area contributed by atoms with E-state index in [0.717, 1.165) is 5.56 Å². The molecule has 0 aliphatic heterocycles. The third-order valence-corrected chi connectivity index (χ3v) is 12.8.